The summed E-state index contributed by atoms with van der Waals surface area (Å²) in [5, 5.41) is 3.26. The fraction of sp³-hybridized carbons (Fsp3) is 0.235. The molecular formula is C17H20N2O2. The van der Waals surface area contributed by atoms with Crippen LogP contribution in [0.15, 0.2) is 42.5 Å². The summed E-state index contributed by atoms with van der Waals surface area (Å²) in [7, 11) is 0. The van der Waals surface area contributed by atoms with Crippen LogP contribution in [0.4, 0.5) is 17.1 Å². The van der Waals surface area contributed by atoms with Crippen molar-refractivity contribution in [3.63, 3.8) is 0 Å². The summed E-state index contributed by atoms with van der Waals surface area (Å²) in [5.41, 5.74) is 9.67. The minimum Gasteiger partial charge on any atom is -0.462 e. The van der Waals surface area contributed by atoms with Gasteiger partial charge in [-0.1, -0.05) is 19.1 Å². The number of hydrogen-bond donors (Lipinski definition) is 2. The van der Waals surface area contributed by atoms with Gasteiger partial charge in [0.15, 0.2) is 0 Å². The predicted octanol–water partition coefficient (Wildman–Crippen LogP) is 3.75. The Hall–Kier alpha value is -2.49. The van der Waals surface area contributed by atoms with Crippen LogP contribution in [0.25, 0.3) is 0 Å². The van der Waals surface area contributed by atoms with Crippen molar-refractivity contribution >= 4 is 23.0 Å². The smallest absolute Gasteiger partial charge is 0.340 e. The number of aryl methyl sites for hydroxylation is 1. The minimum atomic E-state index is -0.403. The molecule has 0 fully saturated rings. The van der Waals surface area contributed by atoms with E-state index in [1.165, 1.54) is 5.56 Å². The fourth-order valence-corrected chi connectivity index (χ4v) is 2.01. The topological polar surface area (TPSA) is 64.3 Å². The van der Waals surface area contributed by atoms with Crippen molar-refractivity contribution in [2.24, 2.45) is 0 Å². The number of esters is 1. The van der Waals surface area contributed by atoms with Crippen molar-refractivity contribution < 1.29 is 9.53 Å². The number of anilines is 3. The number of nitrogens with two attached hydrogens (primary N) is 1. The second-order valence-electron chi connectivity index (χ2n) is 4.70. The van der Waals surface area contributed by atoms with Gasteiger partial charge in [0.25, 0.3) is 0 Å². The highest BCUT2D eigenvalue weighted by molar-refractivity contribution is 5.96. The normalized spacial score (nSPS) is 10.2. The molecule has 0 radical (unpaired) electrons. The summed E-state index contributed by atoms with van der Waals surface area (Å²) in [6.45, 7) is 4.22. The zero-order chi connectivity index (χ0) is 15.2. The van der Waals surface area contributed by atoms with E-state index in [-0.39, 0.29) is 0 Å². The van der Waals surface area contributed by atoms with E-state index in [0.29, 0.717) is 17.9 Å². The number of hydrogen-bond acceptors (Lipinski definition) is 4. The van der Waals surface area contributed by atoms with Gasteiger partial charge < -0.3 is 15.8 Å². The summed E-state index contributed by atoms with van der Waals surface area (Å²) >= 11 is 0. The van der Waals surface area contributed by atoms with E-state index in [1.807, 2.05) is 18.2 Å². The van der Waals surface area contributed by atoms with Gasteiger partial charge in [0.05, 0.1) is 12.2 Å². The van der Waals surface area contributed by atoms with Crippen molar-refractivity contribution in [1.82, 2.24) is 0 Å². The molecule has 0 aliphatic rings. The molecule has 0 aliphatic heterocycles. The van der Waals surface area contributed by atoms with Gasteiger partial charge >= 0.3 is 5.97 Å². The van der Waals surface area contributed by atoms with Gasteiger partial charge in [0, 0.05) is 17.1 Å². The Balaban J connectivity index is 2.20. The van der Waals surface area contributed by atoms with Crippen LogP contribution in [0.1, 0.15) is 29.8 Å². The maximum Gasteiger partial charge on any atom is 0.340 e. The van der Waals surface area contributed by atoms with E-state index in [2.05, 4.69) is 24.4 Å². The van der Waals surface area contributed by atoms with E-state index < -0.39 is 5.97 Å². The molecule has 4 nitrogen and oxygen atoms in total. The van der Waals surface area contributed by atoms with Gasteiger partial charge in [0.1, 0.15) is 0 Å². The zero-order valence-electron chi connectivity index (χ0n) is 12.3. The molecule has 0 spiro atoms. The minimum absolute atomic E-state index is 0.328. The first-order valence-corrected chi connectivity index (χ1v) is 7.06. The molecule has 2 aromatic rings. The third-order valence-corrected chi connectivity index (χ3v) is 3.20. The molecule has 0 aromatic heterocycles. The van der Waals surface area contributed by atoms with Crippen LogP contribution in [-0.2, 0) is 11.2 Å². The lowest BCUT2D eigenvalue weighted by Gasteiger charge is -2.10. The molecule has 0 unspecified atom stereocenters. The second kappa shape index (κ2) is 6.79. The molecule has 2 aromatic carbocycles. The van der Waals surface area contributed by atoms with E-state index >= 15 is 0 Å². The third-order valence-electron chi connectivity index (χ3n) is 3.20. The average Bonchev–Trinajstić information content (AvgIpc) is 2.50. The lowest BCUT2D eigenvalue weighted by molar-refractivity contribution is 0.0527. The summed E-state index contributed by atoms with van der Waals surface area (Å²) in [6.07, 6.45) is 1.01. The molecule has 2 rings (SSSR count). The first-order chi connectivity index (χ1) is 10.1. The Morgan fingerprint density at radius 3 is 2.38 bits per heavy atom. The first kappa shape index (κ1) is 14.9. The maximum atomic E-state index is 11.8. The highest BCUT2D eigenvalue weighted by atomic mass is 16.5. The number of nitrogen functional groups attached to an aromatic ring is 1. The first-order valence-electron chi connectivity index (χ1n) is 7.06. The van der Waals surface area contributed by atoms with Crippen LogP contribution in [0.5, 0.6) is 0 Å². The van der Waals surface area contributed by atoms with E-state index in [9.17, 15) is 4.79 Å². The van der Waals surface area contributed by atoms with Crippen molar-refractivity contribution in [1.29, 1.82) is 0 Å². The second-order valence-corrected chi connectivity index (χ2v) is 4.70. The number of rotatable bonds is 5. The number of ether oxygens (including phenoxy) is 1. The van der Waals surface area contributed by atoms with Crippen LogP contribution in [0.2, 0.25) is 0 Å². The van der Waals surface area contributed by atoms with E-state index in [1.54, 1.807) is 19.1 Å². The molecule has 0 atom stereocenters. The monoisotopic (exact) mass is 284 g/mol. The molecule has 4 heteroatoms. The number of nitrogens with one attached hydrogen (secondary N) is 1. The Labute approximate surface area is 124 Å². The van der Waals surface area contributed by atoms with Crippen molar-refractivity contribution in [3.8, 4) is 0 Å². The van der Waals surface area contributed by atoms with Gasteiger partial charge in [-0.25, -0.2) is 4.79 Å². The molecule has 0 heterocycles. The fourth-order valence-electron chi connectivity index (χ4n) is 2.01. The lowest BCUT2D eigenvalue weighted by atomic mass is 10.1. The molecule has 0 aliphatic carbocycles. The standard InChI is InChI=1S/C17H20N2O2/c1-3-12-5-7-13(8-6-12)19-14-9-10-16(18)15(11-14)17(20)21-4-2/h5-11,19H,3-4,18H2,1-2H3. The van der Waals surface area contributed by atoms with Crippen LogP contribution in [0.3, 0.4) is 0 Å². The molecule has 21 heavy (non-hydrogen) atoms. The summed E-state index contributed by atoms with van der Waals surface area (Å²) in [5.74, 6) is -0.403. The van der Waals surface area contributed by atoms with Crippen molar-refractivity contribution in [2.45, 2.75) is 20.3 Å². The van der Waals surface area contributed by atoms with Gasteiger partial charge in [-0.3, -0.25) is 0 Å². The summed E-state index contributed by atoms with van der Waals surface area (Å²) in [4.78, 5) is 11.8. The van der Waals surface area contributed by atoms with Crippen molar-refractivity contribution in [2.75, 3.05) is 17.7 Å². The van der Waals surface area contributed by atoms with Gasteiger partial charge in [-0.2, -0.15) is 0 Å². The summed E-state index contributed by atoms with van der Waals surface area (Å²) < 4.78 is 5.00. The third kappa shape index (κ3) is 3.75. The zero-order valence-corrected chi connectivity index (χ0v) is 12.3. The molecule has 0 saturated heterocycles. The van der Waals surface area contributed by atoms with Gasteiger partial charge in [0.2, 0.25) is 0 Å². The Bertz CT molecular complexity index is 621. The maximum absolute atomic E-state index is 11.8. The quantitative estimate of drug-likeness (QED) is 0.648. The summed E-state index contributed by atoms with van der Waals surface area (Å²) in [6, 6.07) is 13.4. The SMILES string of the molecule is CCOC(=O)c1cc(Nc2ccc(CC)cc2)ccc1N. The number of carbonyl (C=O) groups excluding carboxylic acids is 1. The van der Waals surface area contributed by atoms with Crippen LogP contribution in [0, 0.1) is 0 Å². The average molecular weight is 284 g/mol. The van der Waals surface area contributed by atoms with Crippen LogP contribution < -0.4 is 11.1 Å². The van der Waals surface area contributed by atoms with Crippen molar-refractivity contribution in [3.05, 3.63) is 53.6 Å². The predicted molar refractivity (Wildman–Crippen MR) is 85.9 cm³/mol. The van der Waals surface area contributed by atoms with Crippen LogP contribution >= 0.6 is 0 Å². The van der Waals surface area contributed by atoms with Gasteiger partial charge in [-0.05, 0) is 49.2 Å². The Morgan fingerprint density at radius 2 is 1.76 bits per heavy atom. The van der Waals surface area contributed by atoms with E-state index in [4.69, 9.17) is 10.5 Å². The number of benzene rings is 2. The number of carbonyl (C=O) groups is 1. The van der Waals surface area contributed by atoms with E-state index in [0.717, 1.165) is 17.8 Å². The highest BCUT2D eigenvalue weighted by Crippen LogP contribution is 2.22. The molecule has 3 N–H and O–H groups in total. The molecular weight excluding hydrogens is 264 g/mol. The lowest BCUT2D eigenvalue weighted by Crippen LogP contribution is -2.08. The van der Waals surface area contributed by atoms with Crippen LogP contribution in [-0.4, -0.2) is 12.6 Å². The molecule has 0 amide bonds. The largest absolute Gasteiger partial charge is 0.462 e. The van der Waals surface area contributed by atoms with Gasteiger partial charge in [-0.15, -0.1) is 0 Å². The Morgan fingerprint density at radius 1 is 1.10 bits per heavy atom. The molecule has 0 bridgehead atoms. The highest BCUT2D eigenvalue weighted by Gasteiger charge is 2.11. The Kier molecular flexibility index (Phi) is 4.82. The molecule has 0 saturated carbocycles. The molecule has 110 valence electrons.